The lowest BCUT2D eigenvalue weighted by Crippen LogP contribution is -2.44. The number of hydrogen-bond donors (Lipinski definition) is 0. The van der Waals surface area contributed by atoms with E-state index in [1.54, 1.807) is 25.1 Å². The summed E-state index contributed by atoms with van der Waals surface area (Å²) in [4.78, 5) is 24.9. The fourth-order valence-corrected chi connectivity index (χ4v) is 2.94. The second-order valence-corrected chi connectivity index (χ2v) is 5.38. The number of ketones is 1. The number of Topliss-reactive ketones (excluding diaryl/α,β-unsaturated/α-hetero) is 1. The molecule has 0 unspecified atom stereocenters. The molecule has 0 radical (unpaired) electrons. The smallest absolute Gasteiger partial charge is 0.319 e. The van der Waals surface area contributed by atoms with Gasteiger partial charge in [0, 0.05) is 6.42 Å². The van der Waals surface area contributed by atoms with E-state index in [9.17, 15) is 14.9 Å². The summed E-state index contributed by atoms with van der Waals surface area (Å²) in [7, 11) is 0. The zero-order chi connectivity index (χ0) is 15.3. The lowest BCUT2D eigenvalue weighted by Gasteiger charge is -2.33. The summed E-state index contributed by atoms with van der Waals surface area (Å²) in [6.07, 6.45) is 2.82. The first-order valence-electron chi connectivity index (χ1n) is 7.32. The van der Waals surface area contributed by atoms with Crippen molar-refractivity contribution in [1.29, 1.82) is 5.26 Å². The van der Waals surface area contributed by atoms with Crippen molar-refractivity contribution in [2.75, 3.05) is 6.61 Å². The molecule has 0 amide bonds. The van der Waals surface area contributed by atoms with Crippen molar-refractivity contribution in [1.82, 2.24) is 0 Å². The van der Waals surface area contributed by atoms with E-state index in [1.165, 1.54) is 0 Å². The molecule has 1 aliphatic carbocycles. The maximum atomic E-state index is 12.5. The predicted molar refractivity (Wildman–Crippen MR) is 77.4 cm³/mol. The van der Waals surface area contributed by atoms with Crippen LogP contribution in [0.3, 0.4) is 0 Å². The maximum absolute atomic E-state index is 12.5. The zero-order valence-corrected chi connectivity index (χ0v) is 12.2. The number of hydrogen-bond acceptors (Lipinski definition) is 4. The Morgan fingerprint density at radius 3 is 2.81 bits per heavy atom. The number of rotatable bonds is 4. The molecule has 4 nitrogen and oxygen atoms in total. The highest BCUT2D eigenvalue weighted by molar-refractivity contribution is 6.04. The SMILES string of the molecule is CCOC(=O)[C@]1(Cc2ccccc2C#N)CCCCC1=O. The topological polar surface area (TPSA) is 67.2 Å². The van der Waals surface area contributed by atoms with Crippen LogP contribution >= 0.6 is 0 Å². The average molecular weight is 285 g/mol. The third-order valence-electron chi connectivity index (χ3n) is 4.09. The lowest BCUT2D eigenvalue weighted by molar-refractivity contribution is -0.162. The van der Waals surface area contributed by atoms with Crippen molar-refractivity contribution in [3.63, 3.8) is 0 Å². The van der Waals surface area contributed by atoms with Gasteiger partial charge < -0.3 is 4.74 Å². The summed E-state index contributed by atoms with van der Waals surface area (Å²) in [6, 6.07) is 9.24. The van der Waals surface area contributed by atoms with Crippen LogP contribution in [0.2, 0.25) is 0 Å². The Balaban J connectivity index is 2.39. The number of carbonyl (C=O) groups excluding carboxylic acids is 2. The van der Waals surface area contributed by atoms with Crippen molar-refractivity contribution >= 4 is 11.8 Å². The highest BCUT2D eigenvalue weighted by atomic mass is 16.5. The van der Waals surface area contributed by atoms with E-state index in [1.807, 2.05) is 6.07 Å². The van der Waals surface area contributed by atoms with E-state index in [4.69, 9.17) is 4.74 Å². The second kappa shape index (κ2) is 6.53. The zero-order valence-electron chi connectivity index (χ0n) is 12.2. The number of carbonyl (C=O) groups is 2. The minimum Gasteiger partial charge on any atom is -0.465 e. The van der Waals surface area contributed by atoms with E-state index < -0.39 is 11.4 Å². The van der Waals surface area contributed by atoms with E-state index in [0.717, 1.165) is 18.4 Å². The van der Waals surface area contributed by atoms with Crippen LogP contribution < -0.4 is 0 Å². The second-order valence-electron chi connectivity index (χ2n) is 5.38. The van der Waals surface area contributed by atoms with Crippen LogP contribution in [0.15, 0.2) is 24.3 Å². The van der Waals surface area contributed by atoms with Crippen molar-refractivity contribution in [2.24, 2.45) is 5.41 Å². The van der Waals surface area contributed by atoms with E-state index >= 15 is 0 Å². The molecule has 1 aromatic carbocycles. The number of nitriles is 1. The molecule has 4 heteroatoms. The van der Waals surface area contributed by atoms with Gasteiger partial charge in [-0.05, 0) is 37.8 Å². The minimum absolute atomic E-state index is 0.0556. The van der Waals surface area contributed by atoms with Crippen LogP contribution in [0, 0.1) is 16.7 Å². The summed E-state index contributed by atoms with van der Waals surface area (Å²) in [5, 5.41) is 9.19. The van der Waals surface area contributed by atoms with Gasteiger partial charge in [-0.2, -0.15) is 5.26 Å². The van der Waals surface area contributed by atoms with Crippen LogP contribution in [-0.2, 0) is 20.7 Å². The molecule has 110 valence electrons. The van der Waals surface area contributed by atoms with Gasteiger partial charge in [0.2, 0.25) is 0 Å². The Labute approximate surface area is 124 Å². The van der Waals surface area contributed by atoms with Gasteiger partial charge in [0.05, 0.1) is 18.2 Å². The summed E-state index contributed by atoms with van der Waals surface area (Å²) >= 11 is 0. The molecule has 0 N–H and O–H groups in total. The normalized spacial score (nSPS) is 21.6. The van der Waals surface area contributed by atoms with Gasteiger partial charge in [0.25, 0.3) is 0 Å². The van der Waals surface area contributed by atoms with Crippen LogP contribution in [-0.4, -0.2) is 18.4 Å². The van der Waals surface area contributed by atoms with Gasteiger partial charge >= 0.3 is 5.97 Å². The molecule has 21 heavy (non-hydrogen) atoms. The Bertz CT molecular complexity index is 588. The fraction of sp³-hybridized carbons (Fsp3) is 0.471. The van der Waals surface area contributed by atoms with E-state index in [0.29, 0.717) is 18.4 Å². The molecule has 0 saturated heterocycles. The fourth-order valence-electron chi connectivity index (χ4n) is 2.94. The summed E-state index contributed by atoms with van der Waals surface area (Å²) < 4.78 is 5.16. The number of nitrogens with zero attached hydrogens (tertiary/aromatic N) is 1. The van der Waals surface area contributed by atoms with Crippen molar-refractivity contribution < 1.29 is 14.3 Å². The molecule has 2 rings (SSSR count). The van der Waals surface area contributed by atoms with Crippen molar-refractivity contribution in [2.45, 2.75) is 39.0 Å². The lowest BCUT2D eigenvalue weighted by atomic mass is 9.69. The van der Waals surface area contributed by atoms with E-state index in [2.05, 4.69) is 6.07 Å². The molecular formula is C17H19NO3. The molecule has 1 aliphatic rings. The number of benzene rings is 1. The Hall–Kier alpha value is -2.15. The molecule has 1 atom stereocenters. The molecular weight excluding hydrogens is 266 g/mol. The minimum atomic E-state index is -1.11. The highest BCUT2D eigenvalue weighted by Crippen LogP contribution is 2.38. The predicted octanol–water partition coefficient (Wildman–Crippen LogP) is 2.79. The molecule has 0 bridgehead atoms. The maximum Gasteiger partial charge on any atom is 0.319 e. The van der Waals surface area contributed by atoms with Gasteiger partial charge in [0.15, 0.2) is 5.78 Å². The molecule has 0 heterocycles. The number of esters is 1. The average Bonchev–Trinajstić information content (AvgIpc) is 2.50. The van der Waals surface area contributed by atoms with Gasteiger partial charge in [-0.25, -0.2) is 0 Å². The van der Waals surface area contributed by atoms with Gasteiger partial charge in [0.1, 0.15) is 5.41 Å². The third kappa shape index (κ3) is 2.97. The van der Waals surface area contributed by atoms with Crippen molar-refractivity contribution in [3.05, 3.63) is 35.4 Å². The Kier molecular flexibility index (Phi) is 4.74. The Morgan fingerprint density at radius 2 is 2.14 bits per heavy atom. The molecule has 1 saturated carbocycles. The third-order valence-corrected chi connectivity index (χ3v) is 4.09. The van der Waals surface area contributed by atoms with Crippen LogP contribution in [0.25, 0.3) is 0 Å². The van der Waals surface area contributed by atoms with Crippen LogP contribution in [0.5, 0.6) is 0 Å². The Morgan fingerprint density at radius 1 is 1.38 bits per heavy atom. The monoisotopic (exact) mass is 285 g/mol. The van der Waals surface area contributed by atoms with Gasteiger partial charge in [-0.3, -0.25) is 9.59 Å². The first-order chi connectivity index (χ1) is 10.1. The van der Waals surface area contributed by atoms with Gasteiger partial charge in [-0.15, -0.1) is 0 Å². The molecule has 0 spiro atoms. The summed E-state index contributed by atoms with van der Waals surface area (Å²) in [5.41, 5.74) is 0.143. The standard InChI is InChI=1S/C17H19NO3/c1-2-21-16(20)17(10-6-5-9-15(17)19)11-13-7-3-4-8-14(13)12-18/h3-4,7-8H,2,5-6,9-11H2,1H3/t17-/m0/s1. The largest absolute Gasteiger partial charge is 0.465 e. The summed E-state index contributed by atoms with van der Waals surface area (Å²) in [6.45, 7) is 2.00. The molecule has 1 aromatic rings. The number of ether oxygens (including phenoxy) is 1. The quantitative estimate of drug-likeness (QED) is 0.630. The highest BCUT2D eigenvalue weighted by Gasteiger charge is 2.48. The van der Waals surface area contributed by atoms with Gasteiger partial charge in [-0.1, -0.05) is 24.6 Å². The van der Waals surface area contributed by atoms with Crippen LogP contribution in [0.4, 0.5) is 0 Å². The summed E-state index contributed by atoms with van der Waals surface area (Å²) in [5.74, 6) is -0.498. The molecule has 0 aromatic heterocycles. The van der Waals surface area contributed by atoms with Crippen LogP contribution in [0.1, 0.15) is 43.7 Å². The van der Waals surface area contributed by atoms with Crippen molar-refractivity contribution in [3.8, 4) is 6.07 Å². The first kappa shape index (κ1) is 15.2. The molecule has 1 fully saturated rings. The van der Waals surface area contributed by atoms with E-state index in [-0.39, 0.29) is 18.8 Å². The molecule has 0 aliphatic heterocycles. The first-order valence-corrected chi connectivity index (χ1v) is 7.32.